The number of rotatable bonds is 7. The van der Waals surface area contributed by atoms with Crippen LogP contribution >= 0.6 is 0 Å². The van der Waals surface area contributed by atoms with Crippen LogP contribution in [0.3, 0.4) is 0 Å². The fourth-order valence-electron chi connectivity index (χ4n) is 3.84. The SMILES string of the molecule is CC(C)S(=O)(=O)Nc1ccc(CNc2ccc(N3C[C@H](C)C[C@@H](C)C3)cc2)cc1. The molecule has 29 heavy (non-hydrogen) atoms. The van der Waals surface area contributed by atoms with Gasteiger partial charge in [-0.1, -0.05) is 26.0 Å². The van der Waals surface area contributed by atoms with E-state index in [0.717, 1.165) is 36.2 Å². The molecule has 1 saturated heterocycles. The maximum atomic E-state index is 11.9. The average molecular weight is 416 g/mol. The maximum absolute atomic E-state index is 11.9. The summed E-state index contributed by atoms with van der Waals surface area (Å²) in [6.45, 7) is 10.9. The second kappa shape index (κ2) is 9.08. The van der Waals surface area contributed by atoms with Gasteiger partial charge in [-0.25, -0.2) is 8.42 Å². The molecule has 0 spiro atoms. The van der Waals surface area contributed by atoms with Crippen molar-refractivity contribution in [1.82, 2.24) is 0 Å². The van der Waals surface area contributed by atoms with E-state index in [9.17, 15) is 8.42 Å². The molecule has 5 nitrogen and oxygen atoms in total. The molecule has 0 unspecified atom stereocenters. The summed E-state index contributed by atoms with van der Waals surface area (Å²) in [4.78, 5) is 2.49. The monoisotopic (exact) mass is 415 g/mol. The molecule has 2 aromatic carbocycles. The zero-order valence-corrected chi connectivity index (χ0v) is 18.7. The quantitative estimate of drug-likeness (QED) is 0.673. The van der Waals surface area contributed by atoms with Gasteiger partial charge in [-0.3, -0.25) is 4.72 Å². The number of nitrogens with one attached hydrogen (secondary N) is 2. The van der Waals surface area contributed by atoms with Crippen LogP contribution < -0.4 is 14.9 Å². The number of hydrogen-bond donors (Lipinski definition) is 2. The minimum atomic E-state index is -3.31. The van der Waals surface area contributed by atoms with E-state index in [0.29, 0.717) is 12.2 Å². The first-order valence-corrected chi connectivity index (χ1v) is 12.0. The lowest BCUT2D eigenvalue weighted by Gasteiger charge is -2.36. The van der Waals surface area contributed by atoms with Crippen LogP contribution in [0.5, 0.6) is 0 Å². The summed E-state index contributed by atoms with van der Waals surface area (Å²) in [7, 11) is -3.31. The van der Waals surface area contributed by atoms with Crippen LogP contribution in [0.4, 0.5) is 17.1 Å². The Bertz CT molecular complexity index is 883. The van der Waals surface area contributed by atoms with Crippen LogP contribution in [-0.4, -0.2) is 26.8 Å². The van der Waals surface area contributed by atoms with Gasteiger partial charge in [-0.2, -0.15) is 0 Å². The number of sulfonamides is 1. The van der Waals surface area contributed by atoms with Crippen molar-refractivity contribution in [3.8, 4) is 0 Å². The second-order valence-electron chi connectivity index (χ2n) is 8.64. The fourth-order valence-corrected chi connectivity index (χ4v) is 4.54. The van der Waals surface area contributed by atoms with Gasteiger partial charge in [0.2, 0.25) is 10.0 Å². The Hall–Kier alpha value is -2.21. The summed E-state index contributed by atoms with van der Waals surface area (Å²) in [5.41, 5.74) is 4.06. The van der Waals surface area contributed by atoms with Gasteiger partial charge in [0.25, 0.3) is 0 Å². The first kappa shape index (κ1) is 21.5. The molecule has 2 N–H and O–H groups in total. The Morgan fingerprint density at radius 1 is 0.931 bits per heavy atom. The predicted molar refractivity (Wildman–Crippen MR) is 123 cm³/mol. The molecule has 2 aromatic rings. The third kappa shape index (κ3) is 5.89. The van der Waals surface area contributed by atoms with E-state index in [1.165, 1.54) is 12.1 Å². The Balaban J connectivity index is 1.55. The summed E-state index contributed by atoms with van der Waals surface area (Å²) >= 11 is 0. The van der Waals surface area contributed by atoms with Crippen molar-refractivity contribution in [1.29, 1.82) is 0 Å². The van der Waals surface area contributed by atoms with E-state index in [2.05, 4.69) is 53.1 Å². The summed E-state index contributed by atoms with van der Waals surface area (Å²) < 4.78 is 26.5. The lowest BCUT2D eigenvalue weighted by atomic mass is 9.91. The highest BCUT2D eigenvalue weighted by Gasteiger charge is 2.21. The second-order valence-corrected chi connectivity index (χ2v) is 10.9. The standard InChI is InChI=1S/C23H33N3O2S/c1-17(2)29(27,28)25-22-7-5-20(6-8-22)14-24-21-9-11-23(12-10-21)26-15-18(3)13-19(4)16-26/h5-12,17-19,24-25H,13-16H2,1-4H3/t18-,19-/m1/s1. The number of nitrogens with zero attached hydrogens (tertiary/aromatic N) is 1. The van der Waals surface area contributed by atoms with Crippen LogP contribution in [0.2, 0.25) is 0 Å². The molecule has 0 aromatic heterocycles. The van der Waals surface area contributed by atoms with Gasteiger partial charge in [0.05, 0.1) is 5.25 Å². The molecule has 1 fully saturated rings. The minimum absolute atomic E-state index is 0.455. The molecule has 158 valence electrons. The van der Waals surface area contributed by atoms with Crippen molar-refractivity contribution in [3.05, 3.63) is 54.1 Å². The van der Waals surface area contributed by atoms with E-state index in [1.807, 2.05) is 12.1 Å². The summed E-state index contributed by atoms with van der Waals surface area (Å²) in [5, 5.41) is 2.98. The molecule has 0 bridgehead atoms. The first-order chi connectivity index (χ1) is 13.7. The van der Waals surface area contributed by atoms with Gasteiger partial charge in [-0.15, -0.1) is 0 Å². The van der Waals surface area contributed by atoms with Crippen molar-refractivity contribution in [3.63, 3.8) is 0 Å². The average Bonchev–Trinajstić information content (AvgIpc) is 2.67. The van der Waals surface area contributed by atoms with Gasteiger partial charge >= 0.3 is 0 Å². The van der Waals surface area contributed by atoms with E-state index in [-0.39, 0.29) is 0 Å². The summed E-state index contributed by atoms with van der Waals surface area (Å²) in [6, 6.07) is 16.1. The molecule has 1 heterocycles. The third-order valence-electron chi connectivity index (χ3n) is 5.43. The van der Waals surface area contributed by atoms with Crippen molar-refractivity contribution in [2.75, 3.05) is 28.0 Å². The van der Waals surface area contributed by atoms with E-state index in [4.69, 9.17) is 0 Å². The van der Waals surface area contributed by atoms with E-state index in [1.54, 1.807) is 26.0 Å². The van der Waals surface area contributed by atoms with Gasteiger partial charge in [0, 0.05) is 36.7 Å². The largest absolute Gasteiger partial charge is 0.381 e. The zero-order valence-electron chi connectivity index (χ0n) is 17.9. The summed E-state index contributed by atoms with van der Waals surface area (Å²) in [6.07, 6.45) is 1.31. The number of piperidine rings is 1. The first-order valence-electron chi connectivity index (χ1n) is 10.4. The van der Waals surface area contributed by atoms with Gasteiger partial charge < -0.3 is 10.2 Å². The highest BCUT2D eigenvalue weighted by molar-refractivity contribution is 7.93. The molecule has 3 rings (SSSR count). The molecule has 1 aliphatic rings. The van der Waals surface area contributed by atoms with Crippen molar-refractivity contribution >= 4 is 27.1 Å². The molecular weight excluding hydrogens is 382 g/mol. The normalized spacial score (nSPS) is 20.0. The highest BCUT2D eigenvalue weighted by Crippen LogP contribution is 2.27. The Morgan fingerprint density at radius 3 is 2.03 bits per heavy atom. The molecule has 0 aliphatic carbocycles. The lowest BCUT2D eigenvalue weighted by Crippen LogP contribution is -2.38. The van der Waals surface area contributed by atoms with Crippen LogP contribution in [-0.2, 0) is 16.6 Å². The Morgan fingerprint density at radius 2 is 1.48 bits per heavy atom. The van der Waals surface area contributed by atoms with Crippen LogP contribution in [0.25, 0.3) is 0 Å². The predicted octanol–water partition coefficient (Wildman–Crippen LogP) is 4.93. The lowest BCUT2D eigenvalue weighted by molar-refractivity contribution is 0.357. The van der Waals surface area contributed by atoms with Crippen LogP contribution in [0.1, 0.15) is 39.7 Å². The van der Waals surface area contributed by atoms with Gasteiger partial charge in [-0.05, 0) is 74.1 Å². The van der Waals surface area contributed by atoms with Crippen molar-refractivity contribution in [2.45, 2.75) is 45.9 Å². The Kier molecular flexibility index (Phi) is 6.73. The van der Waals surface area contributed by atoms with Crippen LogP contribution in [0, 0.1) is 11.8 Å². The van der Waals surface area contributed by atoms with Crippen molar-refractivity contribution in [2.24, 2.45) is 11.8 Å². The van der Waals surface area contributed by atoms with E-state index >= 15 is 0 Å². The number of anilines is 3. The van der Waals surface area contributed by atoms with E-state index < -0.39 is 15.3 Å². The molecule has 0 amide bonds. The molecular formula is C23H33N3O2S. The summed E-state index contributed by atoms with van der Waals surface area (Å²) in [5.74, 6) is 1.48. The number of benzene rings is 2. The fraction of sp³-hybridized carbons (Fsp3) is 0.478. The minimum Gasteiger partial charge on any atom is -0.381 e. The topological polar surface area (TPSA) is 61.4 Å². The van der Waals surface area contributed by atoms with Gasteiger partial charge in [0.15, 0.2) is 0 Å². The molecule has 2 atom stereocenters. The highest BCUT2D eigenvalue weighted by atomic mass is 32.2. The molecule has 6 heteroatoms. The van der Waals surface area contributed by atoms with Crippen LogP contribution in [0.15, 0.2) is 48.5 Å². The van der Waals surface area contributed by atoms with Crippen molar-refractivity contribution < 1.29 is 8.42 Å². The molecule has 0 saturated carbocycles. The molecule has 0 radical (unpaired) electrons. The maximum Gasteiger partial charge on any atom is 0.235 e. The molecule has 1 aliphatic heterocycles. The Labute approximate surface area is 175 Å². The zero-order chi connectivity index (χ0) is 21.0. The third-order valence-corrected chi connectivity index (χ3v) is 7.19. The number of hydrogen-bond acceptors (Lipinski definition) is 4. The smallest absolute Gasteiger partial charge is 0.235 e. The van der Waals surface area contributed by atoms with Gasteiger partial charge in [0.1, 0.15) is 0 Å².